The van der Waals surface area contributed by atoms with E-state index in [0.717, 1.165) is 21.5 Å². The zero-order chi connectivity index (χ0) is 19.6. The summed E-state index contributed by atoms with van der Waals surface area (Å²) >= 11 is 1.37. The fraction of sp³-hybridized carbons (Fsp3) is 0.333. The number of esters is 1. The number of benzene rings is 1. The number of rotatable bonds is 7. The van der Waals surface area contributed by atoms with Crippen molar-refractivity contribution < 1.29 is 19.1 Å². The lowest BCUT2D eigenvalue weighted by molar-refractivity contribution is 0.0479. The maximum absolute atomic E-state index is 12.6. The summed E-state index contributed by atoms with van der Waals surface area (Å²) in [6.45, 7) is 6.19. The molecule has 0 aliphatic rings. The van der Waals surface area contributed by atoms with Crippen LogP contribution in [-0.4, -0.2) is 36.6 Å². The second kappa shape index (κ2) is 8.06. The van der Waals surface area contributed by atoms with Gasteiger partial charge in [-0.05, 0) is 44.4 Å². The van der Waals surface area contributed by atoms with Crippen molar-refractivity contribution in [2.75, 3.05) is 20.3 Å². The van der Waals surface area contributed by atoms with Crippen molar-refractivity contribution in [3.8, 4) is 0 Å². The maximum Gasteiger partial charge on any atom is 0.348 e. The number of Topliss-reactive ketones (excluding diaryl/α,β-unsaturated/α-hetero) is 1. The minimum absolute atomic E-state index is 0.123. The molecule has 0 N–H and O–H groups in total. The van der Waals surface area contributed by atoms with E-state index in [4.69, 9.17) is 9.47 Å². The first-order chi connectivity index (χ1) is 12.9. The van der Waals surface area contributed by atoms with E-state index in [1.807, 2.05) is 51.1 Å². The number of ketones is 1. The normalized spacial score (nSPS) is 12.3. The van der Waals surface area contributed by atoms with Crippen molar-refractivity contribution in [3.05, 3.63) is 58.2 Å². The number of fused-ring (bicyclic) bond motifs is 1. The topological polar surface area (TPSA) is 57.5 Å². The fourth-order valence-corrected chi connectivity index (χ4v) is 4.37. The first-order valence-corrected chi connectivity index (χ1v) is 9.60. The summed E-state index contributed by atoms with van der Waals surface area (Å²) in [4.78, 5) is 25.4. The highest BCUT2D eigenvalue weighted by atomic mass is 32.1. The Morgan fingerprint density at radius 1 is 1.19 bits per heavy atom. The van der Waals surface area contributed by atoms with Gasteiger partial charge < -0.3 is 14.0 Å². The van der Waals surface area contributed by atoms with Crippen molar-refractivity contribution in [1.29, 1.82) is 0 Å². The van der Waals surface area contributed by atoms with Crippen molar-refractivity contribution in [2.24, 2.45) is 0 Å². The van der Waals surface area contributed by atoms with Gasteiger partial charge in [0.25, 0.3) is 0 Å². The van der Waals surface area contributed by atoms with Crippen LogP contribution in [0.4, 0.5) is 0 Å². The quantitative estimate of drug-likeness (QED) is 0.442. The summed E-state index contributed by atoms with van der Waals surface area (Å²) in [6, 6.07) is 11.5. The Bertz CT molecular complexity index is 952. The van der Waals surface area contributed by atoms with E-state index >= 15 is 0 Å². The summed E-state index contributed by atoms with van der Waals surface area (Å²) in [5.74, 6) is -0.667. The minimum atomic E-state index is -0.467. The van der Waals surface area contributed by atoms with Crippen molar-refractivity contribution in [1.82, 2.24) is 4.57 Å². The SMILES string of the molecule is COC[C@H](C)n1c(C)cc(C(=O)COC(=O)c2cc3ccccc3s2)c1C. The molecule has 0 aliphatic heterocycles. The van der Waals surface area contributed by atoms with Gasteiger partial charge in [-0.3, -0.25) is 4.79 Å². The molecule has 0 saturated heterocycles. The zero-order valence-corrected chi connectivity index (χ0v) is 16.8. The smallest absolute Gasteiger partial charge is 0.348 e. The predicted molar refractivity (Wildman–Crippen MR) is 107 cm³/mol. The highest BCUT2D eigenvalue weighted by Gasteiger charge is 2.20. The largest absolute Gasteiger partial charge is 0.453 e. The minimum Gasteiger partial charge on any atom is -0.453 e. The number of aromatic nitrogens is 1. The molecule has 0 saturated carbocycles. The van der Waals surface area contributed by atoms with Gasteiger partial charge in [0.05, 0.1) is 12.6 Å². The molecule has 27 heavy (non-hydrogen) atoms. The monoisotopic (exact) mass is 385 g/mol. The summed E-state index contributed by atoms with van der Waals surface area (Å²) < 4.78 is 13.6. The van der Waals surface area contributed by atoms with E-state index in [1.165, 1.54) is 11.3 Å². The molecule has 0 unspecified atom stereocenters. The highest BCUT2D eigenvalue weighted by molar-refractivity contribution is 7.20. The van der Waals surface area contributed by atoms with Crippen LogP contribution in [0.1, 0.15) is 44.4 Å². The molecule has 142 valence electrons. The summed E-state index contributed by atoms with van der Waals surface area (Å²) in [6.07, 6.45) is 0. The third-order valence-electron chi connectivity index (χ3n) is 4.59. The molecule has 3 rings (SSSR count). The molecular formula is C21H23NO4S. The van der Waals surface area contributed by atoms with Crippen LogP contribution in [0.15, 0.2) is 36.4 Å². The number of carbonyl (C=O) groups is 2. The lowest BCUT2D eigenvalue weighted by Crippen LogP contribution is -2.16. The van der Waals surface area contributed by atoms with Gasteiger partial charge in [-0.1, -0.05) is 18.2 Å². The second-order valence-corrected chi connectivity index (χ2v) is 7.69. The van der Waals surface area contributed by atoms with Crippen LogP contribution in [0.5, 0.6) is 0 Å². The van der Waals surface area contributed by atoms with E-state index in [1.54, 1.807) is 13.2 Å². The van der Waals surface area contributed by atoms with Crippen LogP contribution >= 0.6 is 11.3 Å². The lowest BCUT2D eigenvalue weighted by atomic mass is 10.1. The van der Waals surface area contributed by atoms with Crippen LogP contribution in [0.2, 0.25) is 0 Å². The first-order valence-electron chi connectivity index (χ1n) is 8.78. The van der Waals surface area contributed by atoms with E-state index in [9.17, 15) is 9.59 Å². The molecule has 0 spiro atoms. The highest BCUT2D eigenvalue weighted by Crippen LogP contribution is 2.26. The molecule has 1 aromatic carbocycles. The van der Waals surface area contributed by atoms with Gasteiger partial charge in [-0.15, -0.1) is 11.3 Å². The molecule has 6 heteroatoms. The average Bonchev–Trinajstić information content (AvgIpc) is 3.20. The Labute approximate surface area is 162 Å². The maximum atomic E-state index is 12.6. The fourth-order valence-electron chi connectivity index (χ4n) is 3.42. The molecule has 0 fully saturated rings. The van der Waals surface area contributed by atoms with E-state index in [0.29, 0.717) is 17.0 Å². The van der Waals surface area contributed by atoms with Gasteiger partial charge in [0.2, 0.25) is 5.78 Å². The zero-order valence-electron chi connectivity index (χ0n) is 15.9. The molecule has 3 aromatic rings. The molecule has 1 atom stereocenters. The standard InChI is InChI=1S/C21H23NO4S/c1-13-9-17(15(3)22(13)14(2)11-25-4)18(23)12-26-21(24)20-10-16-7-5-6-8-19(16)27-20/h5-10,14H,11-12H2,1-4H3/t14-/m0/s1. The first kappa shape index (κ1) is 19.3. The van der Waals surface area contributed by atoms with Crippen LogP contribution in [-0.2, 0) is 9.47 Å². The van der Waals surface area contributed by atoms with Crippen molar-refractivity contribution >= 4 is 33.2 Å². The van der Waals surface area contributed by atoms with Gasteiger partial charge in [0.15, 0.2) is 6.61 Å². The Kier molecular flexibility index (Phi) is 5.77. The number of aryl methyl sites for hydroxylation is 1. The van der Waals surface area contributed by atoms with Gasteiger partial charge in [-0.2, -0.15) is 0 Å². The van der Waals surface area contributed by atoms with E-state index < -0.39 is 5.97 Å². The molecule has 2 heterocycles. The van der Waals surface area contributed by atoms with Crippen LogP contribution in [0.25, 0.3) is 10.1 Å². The number of thiophene rings is 1. The number of hydrogen-bond donors (Lipinski definition) is 0. The number of carbonyl (C=O) groups excluding carboxylic acids is 2. The van der Waals surface area contributed by atoms with Gasteiger partial charge in [0, 0.05) is 28.8 Å². The molecule has 0 aliphatic carbocycles. The molecule has 0 amide bonds. The third-order valence-corrected chi connectivity index (χ3v) is 5.69. The Morgan fingerprint density at radius 2 is 1.93 bits per heavy atom. The molecule has 0 radical (unpaired) electrons. The summed E-state index contributed by atoms with van der Waals surface area (Å²) in [5, 5.41) is 0.997. The average molecular weight is 385 g/mol. The van der Waals surface area contributed by atoms with Crippen LogP contribution in [0, 0.1) is 13.8 Å². The Morgan fingerprint density at radius 3 is 2.63 bits per heavy atom. The number of nitrogens with zero attached hydrogens (tertiary/aromatic N) is 1. The second-order valence-electron chi connectivity index (χ2n) is 6.61. The Hall–Kier alpha value is -2.44. The van der Waals surface area contributed by atoms with Crippen LogP contribution < -0.4 is 0 Å². The third kappa shape index (κ3) is 3.96. The van der Waals surface area contributed by atoms with Gasteiger partial charge in [-0.25, -0.2) is 4.79 Å². The molecule has 0 bridgehead atoms. The van der Waals surface area contributed by atoms with E-state index in [2.05, 4.69) is 4.57 Å². The Balaban J connectivity index is 1.70. The summed E-state index contributed by atoms with van der Waals surface area (Å²) in [7, 11) is 1.66. The summed E-state index contributed by atoms with van der Waals surface area (Å²) in [5.41, 5.74) is 2.43. The predicted octanol–water partition coefficient (Wildman–Crippen LogP) is 4.57. The number of hydrogen-bond acceptors (Lipinski definition) is 5. The van der Waals surface area contributed by atoms with Gasteiger partial charge in [0.1, 0.15) is 4.88 Å². The van der Waals surface area contributed by atoms with Crippen molar-refractivity contribution in [2.45, 2.75) is 26.8 Å². The lowest BCUT2D eigenvalue weighted by Gasteiger charge is -2.17. The van der Waals surface area contributed by atoms with E-state index in [-0.39, 0.29) is 18.4 Å². The molecular weight excluding hydrogens is 362 g/mol. The molecule has 5 nitrogen and oxygen atoms in total. The van der Waals surface area contributed by atoms with Crippen molar-refractivity contribution in [3.63, 3.8) is 0 Å². The number of methoxy groups -OCH3 is 1. The number of ether oxygens (including phenoxy) is 2. The van der Waals surface area contributed by atoms with Crippen LogP contribution in [0.3, 0.4) is 0 Å². The molecule has 2 aromatic heterocycles. The van der Waals surface area contributed by atoms with Gasteiger partial charge >= 0.3 is 5.97 Å².